The van der Waals surface area contributed by atoms with Gasteiger partial charge >= 0.3 is 6.01 Å². The van der Waals surface area contributed by atoms with Crippen LogP contribution in [0, 0.1) is 18.2 Å². The Morgan fingerprint density at radius 2 is 1.96 bits per heavy atom. The highest BCUT2D eigenvalue weighted by Crippen LogP contribution is 2.55. The number of pyridine rings is 1. The molecule has 2 aromatic carbocycles. The van der Waals surface area contributed by atoms with Crippen LogP contribution < -0.4 is 15.0 Å². The highest BCUT2D eigenvalue weighted by atomic mass is 19.1. The van der Waals surface area contributed by atoms with E-state index in [0.717, 1.165) is 58.2 Å². The highest BCUT2D eigenvalue weighted by molar-refractivity contribution is 6.02. The van der Waals surface area contributed by atoms with Crippen LogP contribution in [0.5, 0.6) is 11.8 Å². The van der Waals surface area contributed by atoms with Crippen molar-refractivity contribution in [3.8, 4) is 35.4 Å². The van der Waals surface area contributed by atoms with Crippen LogP contribution in [0.15, 0.2) is 36.5 Å². The average Bonchev–Trinajstić information content (AvgIpc) is 3.78. The summed E-state index contributed by atoms with van der Waals surface area (Å²) in [6, 6.07) is 9.21. The van der Waals surface area contributed by atoms with E-state index in [-0.39, 0.29) is 35.6 Å². The number of nitrogens with one attached hydrogen (secondary N) is 1. The van der Waals surface area contributed by atoms with E-state index < -0.39 is 17.0 Å². The number of hydrogen-bond acceptors (Lipinski definition) is 8. The number of terminal acetylenes is 1. The third-order valence-corrected chi connectivity index (χ3v) is 11.3. The maximum atomic E-state index is 16.9. The van der Waals surface area contributed by atoms with Gasteiger partial charge in [-0.3, -0.25) is 9.88 Å². The summed E-state index contributed by atoms with van der Waals surface area (Å²) in [4.78, 5) is 18.7. The molecule has 1 saturated carbocycles. The number of alkyl halides is 1. The Bertz CT molecular complexity index is 1940. The normalized spacial score (nSPS) is 30.2. The van der Waals surface area contributed by atoms with Crippen molar-refractivity contribution in [2.45, 2.75) is 80.7 Å². The molecule has 0 amide bonds. The molecule has 5 aliphatic rings. The van der Waals surface area contributed by atoms with Gasteiger partial charge in [0.1, 0.15) is 35.1 Å². The van der Waals surface area contributed by atoms with Crippen LogP contribution in [0.3, 0.4) is 0 Å². The number of benzene rings is 2. The van der Waals surface area contributed by atoms with Crippen LogP contribution in [-0.4, -0.2) is 80.5 Å². The first-order valence-corrected chi connectivity index (χ1v) is 16.5. The second-order valence-corrected chi connectivity index (χ2v) is 14.0. The average molecular weight is 623 g/mol. The fraction of sp³-hybridized carbons (Fsp3) is 0.472. The van der Waals surface area contributed by atoms with Crippen molar-refractivity contribution in [3.63, 3.8) is 0 Å². The van der Waals surface area contributed by atoms with Crippen LogP contribution in [0.1, 0.15) is 56.9 Å². The number of fused-ring (bicyclic) bond motifs is 7. The largest absolute Gasteiger partial charge is 0.508 e. The number of phenols is 1. The monoisotopic (exact) mass is 622 g/mol. The minimum Gasteiger partial charge on any atom is -0.508 e. The lowest BCUT2D eigenvalue weighted by atomic mass is 9.88. The number of phenolic OH excluding ortho intramolecular Hbond substituents is 1. The fourth-order valence-corrected chi connectivity index (χ4v) is 9.45. The number of hydrogen-bond donors (Lipinski definition) is 2. The molecular formula is C36H36F2N6O2. The Kier molecular flexibility index (Phi) is 6.26. The minimum absolute atomic E-state index is 0.0194. The summed E-state index contributed by atoms with van der Waals surface area (Å²) in [5.74, 6) is 2.62. The quantitative estimate of drug-likeness (QED) is 0.283. The van der Waals surface area contributed by atoms with E-state index in [0.29, 0.717) is 58.0 Å². The number of piperazine rings is 1. The van der Waals surface area contributed by atoms with Crippen molar-refractivity contribution in [2.75, 3.05) is 31.1 Å². The molecule has 4 aliphatic heterocycles. The molecule has 0 radical (unpaired) electrons. The molecule has 8 nitrogen and oxygen atoms in total. The van der Waals surface area contributed by atoms with Crippen molar-refractivity contribution in [1.29, 1.82) is 0 Å². The van der Waals surface area contributed by atoms with E-state index in [1.54, 1.807) is 18.3 Å². The van der Waals surface area contributed by atoms with Crippen molar-refractivity contribution < 1.29 is 18.6 Å². The molecule has 1 aliphatic carbocycles. The zero-order valence-electron chi connectivity index (χ0n) is 25.6. The molecule has 236 valence electrons. The molecular weight excluding hydrogens is 586 g/mol. The predicted molar refractivity (Wildman–Crippen MR) is 172 cm³/mol. The molecule has 2 N–H and O–H groups in total. The van der Waals surface area contributed by atoms with E-state index >= 15 is 8.78 Å². The number of aromatic hydroxyl groups is 1. The van der Waals surface area contributed by atoms with Gasteiger partial charge in [0.05, 0.1) is 10.9 Å². The number of halogens is 2. The van der Waals surface area contributed by atoms with Gasteiger partial charge in [-0.15, -0.1) is 6.42 Å². The van der Waals surface area contributed by atoms with Crippen LogP contribution in [0.4, 0.5) is 14.6 Å². The molecule has 46 heavy (non-hydrogen) atoms. The van der Waals surface area contributed by atoms with E-state index in [1.165, 1.54) is 6.07 Å². The maximum Gasteiger partial charge on any atom is 0.319 e. The van der Waals surface area contributed by atoms with Gasteiger partial charge in [0.25, 0.3) is 0 Å². The summed E-state index contributed by atoms with van der Waals surface area (Å²) in [7, 11) is 0. The van der Waals surface area contributed by atoms with Gasteiger partial charge in [-0.1, -0.05) is 18.1 Å². The Morgan fingerprint density at radius 3 is 2.78 bits per heavy atom. The zero-order chi connectivity index (χ0) is 31.2. The van der Waals surface area contributed by atoms with E-state index in [1.807, 2.05) is 12.1 Å². The van der Waals surface area contributed by atoms with Gasteiger partial charge in [0, 0.05) is 60.3 Å². The molecule has 5 fully saturated rings. The molecule has 5 atom stereocenters. The first-order valence-electron chi connectivity index (χ1n) is 16.5. The summed E-state index contributed by atoms with van der Waals surface area (Å²) in [5.41, 5.74) is -0.484. The minimum atomic E-state index is -1.17. The smallest absolute Gasteiger partial charge is 0.319 e. The summed E-state index contributed by atoms with van der Waals surface area (Å²) in [5, 5.41) is 16.0. The van der Waals surface area contributed by atoms with Crippen LogP contribution in [-0.2, 0) is 0 Å². The van der Waals surface area contributed by atoms with Crippen molar-refractivity contribution in [1.82, 2.24) is 25.2 Å². The molecule has 2 aromatic heterocycles. The molecule has 4 aromatic rings. The maximum absolute atomic E-state index is 16.9. The Morgan fingerprint density at radius 1 is 1.11 bits per heavy atom. The van der Waals surface area contributed by atoms with Gasteiger partial charge in [0.2, 0.25) is 0 Å². The Labute approximate surface area is 266 Å². The standard InChI is InChI=1S/C36H36F2N6O2/c1-2-21-6-3-7-22-14-25(45)15-26(29(21)22)31-30(37)32-27(16-39-31)33(43-17-23-9-10-24(18-43)40-23)42-34(41-32)46-20-35-11-5-13-44(35)28-8-4-12-36(28,38)19-35/h1,3,6-7,14-16,23-24,28,40,45H,4-5,8-13,17-20H2. The number of ether oxygens (including phenoxy) is 1. The van der Waals surface area contributed by atoms with Gasteiger partial charge in [-0.05, 0) is 75.1 Å². The van der Waals surface area contributed by atoms with Crippen molar-refractivity contribution >= 4 is 27.5 Å². The predicted octanol–water partition coefficient (Wildman–Crippen LogP) is 5.49. The summed E-state index contributed by atoms with van der Waals surface area (Å²) < 4.78 is 39.3. The lowest BCUT2D eigenvalue weighted by Crippen LogP contribution is -2.51. The van der Waals surface area contributed by atoms with Crippen LogP contribution in [0.25, 0.3) is 32.9 Å². The van der Waals surface area contributed by atoms with Gasteiger partial charge < -0.3 is 20.1 Å². The first kappa shape index (κ1) is 28.2. The van der Waals surface area contributed by atoms with E-state index in [4.69, 9.17) is 16.1 Å². The highest BCUT2D eigenvalue weighted by Gasteiger charge is 2.63. The summed E-state index contributed by atoms with van der Waals surface area (Å²) in [6.07, 6.45) is 14.3. The molecule has 5 unspecified atom stereocenters. The van der Waals surface area contributed by atoms with Gasteiger partial charge in [-0.2, -0.15) is 9.97 Å². The first-order chi connectivity index (χ1) is 22.3. The molecule has 0 spiro atoms. The summed E-state index contributed by atoms with van der Waals surface area (Å²) in [6.45, 7) is 2.60. The molecule has 9 rings (SSSR count). The molecule has 10 heteroatoms. The lowest BCUT2D eigenvalue weighted by molar-refractivity contribution is 0.0811. The lowest BCUT2D eigenvalue weighted by Gasteiger charge is -2.35. The van der Waals surface area contributed by atoms with Crippen LogP contribution >= 0.6 is 0 Å². The van der Waals surface area contributed by atoms with E-state index in [2.05, 4.69) is 31.0 Å². The fourth-order valence-electron chi connectivity index (χ4n) is 9.45. The molecule has 4 saturated heterocycles. The number of aromatic nitrogens is 3. The third kappa shape index (κ3) is 4.21. The number of nitrogens with zero attached hydrogens (tertiary/aromatic N) is 5. The van der Waals surface area contributed by atoms with Gasteiger partial charge in [-0.25, -0.2) is 8.78 Å². The van der Waals surface area contributed by atoms with E-state index in [9.17, 15) is 5.11 Å². The van der Waals surface area contributed by atoms with Crippen molar-refractivity contribution in [2.24, 2.45) is 0 Å². The second-order valence-electron chi connectivity index (χ2n) is 14.0. The molecule has 6 heterocycles. The second kappa shape index (κ2) is 10.2. The summed E-state index contributed by atoms with van der Waals surface area (Å²) >= 11 is 0. The zero-order valence-corrected chi connectivity index (χ0v) is 25.6. The Hall–Kier alpha value is -4.07. The topological polar surface area (TPSA) is 86.6 Å². The SMILES string of the molecule is C#Cc1cccc2cc(O)cc(-c3ncc4c(N5CC6CCC(C5)N6)nc(OCC56CCCN5C5CCCC5(F)C6)nc4c3F)c12. The Balaban J connectivity index is 1.16. The molecule has 2 bridgehead atoms. The van der Waals surface area contributed by atoms with Gasteiger partial charge in [0.15, 0.2) is 5.82 Å². The third-order valence-electron chi connectivity index (χ3n) is 11.3. The number of anilines is 1. The van der Waals surface area contributed by atoms with Crippen LogP contribution in [0.2, 0.25) is 0 Å². The van der Waals surface area contributed by atoms with Crippen molar-refractivity contribution in [3.05, 3.63) is 47.9 Å². The number of rotatable bonds is 5.